The van der Waals surface area contributed by atoms with E-state index in [-0.39, 0.29) is 6.79 Å². The molecule has 25 heavy (non-hydrogen) atoms. The van der Waals surface area contributed by atoms with Crippen molar-refractivity contribution < 1.29 is 9.47 Å². The first-order chi connectivity index (χ1) is 12.2. The van der Waals surface area contributed by atoms with E-state index in [9.17, 15) is 5.26 Å². The van der Waals surface area contributed by atoms with Crippen molar-refractivity contribution in [3.8, 4) is 28.8 Å². The Morgan fingerprint density at radius 2 is 1.96 bits per heavy atom. The summed E-state index contributed by atoms with van der Waals surface area (Å²) in [6.45, 7) is 0.246. The highest BCUT2D eigenvalue weighted by molar-refractivity contribution is 9.10. The van der Waals surface area contributed by atoms with E-state index >= 15 is 0 Å². The predicted molar refractivity (Wildman–Crippen MR) is 101 cm³/mol. The number of allylic oxidation sites excluding steroid dienone is 1. The van der Waals surface area contributed by atoms with Gasteiger partial charge in [-0.2, -0.15) is 5.26 Å². The van der Waals surface area contributed by atoms with Crippen molar-refractivity contribution in [3.05, 3.63) is 62.9 Å². The minimum atomic E-state index is 0.246. The topological polar surface area (TPSA) is 55.1 Å². The number of ether oxygens (including phenoxy) is 2. The maximum atomic E-state index is 9.50. The van der Waals surface area contributed by atoms with Crippen LogP contribution in [0.25, 0.3) is 22.9 Å². The van der Waals surface area contributed by atoms with Gasteiger partial charge in [0.1, 0.15) is 11.1 Å². The molecule has 3 aromatic rings. The van der Waals surface area contributed by atoms with E-state index in [1.807, 2.05) is 53.9 Å². The highest BCUT2D eigenvalue weighted by Crippen LogP contribution is 2.36. The first-order valence-corrected chi connectivity index (χ1v) is 9.13. The second-order valence-electron chi connectivity index (χ2n) is 5.33. The summed E-state index contributed by atoms with van der Waals surface area (Å²) < 4.78 is 11.7. The molecule has 1 aliphatic rings. The second-order valence-corrected chi connectivity index (χ2v) is 7.10. The van der Waals surface area contributed by atoms with Crippen LogP contribution in [0, 0.1) is 11.3 Å². The largest absolute Gasteiger partial charge is 0.454 e. The van der Waals surface area contributed by atoms with Gasteiger partial charge in [0.15, 0.2) is 11.5 Å². The quantitative estimate of drug-likeness (QED) is 0.544. The highest BCUT2D eigenvalue weighted by atomic mass is 79.9. The third-order valence-corrected chi connectivity index (χ3v) is 5.11. The van der Waals surface area contributed by atoms with Gasteiger partial charge in [0.2, 0.25) is 6.79 Å². The van der Waals surface area contributed by atoms with Crippen LogP contribution in [0.4, 0.5) is 0 Å². The molecule has 0 spiro atoms. The summed E-state index contributed by atoms with van der Waals surface area (Å²) in [5.41, 5.74) is 3.25. The zero-order chi connectivity index (χ0) is 17.2. The van der Waals surface area contributed by atoms with Crippen LogP contribution in [0.1, 0.15) is 10.6 Å². The van der Waals surface area contributed by atoms with E-state index in [1.165, 1.54) is 11.3 Å². The summed E-state index contributed by atoms with van der Waals surface area (Å²) in [6.07, 6.45) is 1.84. The lowest BCUT2D eigenvalue weighted by Crippen LogP contribution is -1.92. The van der Waals surface area contributed by atoms with Gasteiger partial charge in [-0.3, -0.25) is 0 Å². The van der Waals surface area contributed by atoms with Gasteiger partial charge in [0, 0.05) is 15.4 Å². The summed E-state index contributed by atoms with van der Waals surface area (Å²) in [4.78, 5) is 4.61. The smallest absolute Gasteiger partial charge is 0.231 e. The molecule has 0 unspecified atom stereocenters. The van der Waals surface area contributed by atoms with Crippen LogP contribution in [0.3, 0.4) is 0 Å². The summed E-state index contributed by atoms with van der Waals surface area (Å²) in [5.74, 6) is 1.46. The van der Waals surface area contributed by atoms with Gasteiger partial charge in [-0.15, -0.1) is 11.3 Å². The molecule has 6 heteroatoms. The molecule has 122 valence electrons. The van der Waals surface area contributed by atoms with Crippen molar-refractivity contribution in [3.63, 3.8) is 0 Å². The summed E-state index contributed by atoms with van der Waals surface area (Å²) in [5, 5.41) is 12.1. The van der Waals surface area contributed by atoms with Crippen molar-refractivity contribution in [2.24, 2.45) is 0 Å². The summed E-state index contributed by atoms with van der Waals surface area (Å²) in [7, 11) is 0. The molecule has 1 aromatic heterocycles. The zero-order valence-electron chi connectivity index (χ0n) is 12.9. The average Bonchev–Trinajstić information content (AvgIpc) is 3.30. The van der Waals surface area contributed by atoms with Crippen LogP contribution in [0.15, 0.2) is 52.3 Å². The van der Waals surface area contributed by atoms with E-state index in [4.69, 9.17) is 9.47 Å². The van der Waals surface area contributed by atoms with E-state index in [2.05, 4.69) is 27.0 Å². The predicted octanol–water partition coefficient (Wildman–Crippen LogP) is 5.37. The van der Waals surface area contributed by atoms with E-state index < -0.39 is 0 Å². The number of thiazole rings is 1. The maximum Gasteiger partial charge on any atom is 0.231 e. The molecule has 0 aliphatic carbocycles. The van der Waals surface area contributed by atoms with Crippen LogP contribution < -0.4 is 9.47 Å². The van der Waals surface area contributed by atoms with Gasteiger partial charge in [0.05, 0.1) is 11.3 Å². The second kappa shape index (κ2) is 6.71. The van der Waals surface area contributed by atoms with Gasteiger partial charge < -0.3 is 9.47 Å². The number of nitrogens with zero attached hydrogens (tertiary/aromatic N) is 2. The molecule has 0 N–H and O–H groups in total. The molecule has 4 rings (SSSR count). The molecule has 0 saturated carbocycles. The monoisotopic (exact) mass is 410 g/mol. The lowest BCUT2D eigenvalue weighted by atomic mass is 10.1. The van der Waals surface area contributed by atoms with Crippen molar-refractivity contribution in [1.82, 2.24) is 4.98 Å². The molecule has 0 bridgehead atoms. The fourth-order valence-corrected chi connectivity index (χ4v) is 3.51. The van der Waals surface area contributed by atoms with Gasteiger partial charge in [-0.05, 0) is 42.0 Å². The first-order valence-electron chi connectivity index (χ1n) is 7.46. The average molecular weight is 411 g/mol. The van der Waals surface area contributed by atoms with Gasteiger partial charge >= 0.3 is 0 Å². The summed E-state index contributed by atoms with van der Waals surface area (Å²) in [6, 6.07) is 15.8. The van der Waals surface area contributed by atoms with E-state index in [1.54, 1.807) is 0 Å². The van der Waals surface area contributed by atoms with E-state index in [0.717, 1.165) is 32.8 Å². The Hall–Kier alpha value is -2.62. The number of benzene rings is 2. The third kappa shape index (κ3) is 3.29. The molecule has 0 radical (unpaired) electrons. The van der Waals surface area contributed by atoms with Crippen LogP contribution in [-0.2, 0) is 0 Å². The van der Waals surface area contributed by atoms with Gasteiger partial charge in [0.25, 0.3) is 0 Å². The standard InChI is InChI=1S/C19H11BrN2O2S/c20-15-4-1-12(2-5-15)7-14(9-21)19-22-16(10-25-19)13-3-6-17-18(8-13)24-11-23-17/h1-8,10H,11H2/b14-7+. The Bertz CT molecular complexity index is 1000. The Kier molecular flexibility index (Phi) is 4.26. The number of halogens is 1. The number of rotatable bonds is 3. The van der Waals surface area contributed by atoms with Gasteiger partial charge in [-0.1, -0.05) is 28.1 Å². The molecule has 2 aromatic carbocycles. The normalized spacial score (nSPS) is 12.9. The SMILES string of the molecule is N#C/C(=C\c1ccc(Br)cc1)c1nc(-c2ccc3c(c2)OCO3)cs1. The van der Waals surface area contributed by atoms with Crippen molar-refractivity contribution in [2.45, 2.75) is 0 Å². The van der Waals surface area contributed by atoms with Crippen LogP contribution in [-0.4, -0.2) is 11.8 Å². The minimum Gasteiger partial charge on any atom is -0.454 e. The number of nitriles is 1. The third-order valence-electron chi connectivity index (χ3n) is 3.70. The first kappa shape index (κ1) is 15.9. The summed E-state index contributed by atoms with van der Waals surface area (Å²) >= 11 is 4.86. The molecule has 0 amide bonds. The molecule has 4 nitrogen and oxygen atoms in total. The molecule has 1 aliphatic heterocycles. The Balaban J connectivity index is 1.65. The molecule has 2 heterocycles. The highest BCUT2D eigenvalue weighted by Gasteiger charge is 2.15. The molecular weight excluding hydrogens is 400 g/mol. The molecule has 0 saturated heterocycles. The van der Waals surface area contributed by atoms with Crippen molar-refractivity contribution >= 4 is 38.9 Å². The number of hydrogen-bond donors (Lipinski definition) is 0. The number of aromatic nitrogens is 1. The van der Waals surface area contributed by atoms with Crippen LogP contribution >= 0.6 is 27.3 Å². The Labute approximate surface area is 157 Å². The lowest BCUT2D eigenvalue weighted by Gasteiger charge is -1.99. The van der Waals surface area contributed by atoms with Gasteiger partial charge in [-0.25, -0.2) is 4.98 Å². The Morgan fingerprint density at radius 1 is 1.16 bits per heavy atom. The maximum absolute atomic E-state index is 9.50. The minimum absolute atomic E-state index is 0.246. The fourth-order valence-electron chi connectivity index (χ4n) is 2.45. The van der Waals surface area contributed by atoms with E-state index in [0.29, 0.717) is 10.6 Å². The number of fused-ring (bicyclic) bond motifs is 1. The van der Waals surface area contributed by atoms with Crippen molar-refractivity contribution in [2.75, 3.05) is 6.79 Å². The Morgan fingerprint density at radius 3 is 2.76 bits per heavy atom. The fraction of sp³-hybridized carbons (Fsp3) is 0.0526. The van der Waals surface area contributed by atoms with Crippen molar-refractivity contribution in [1.29, 1.82) is 5.26 Å². The van der Waals surface area contributed by atoms with Crippen LogP contribution in [0.5, 0.6) is 11.5 Å². The molecule has 0 fully saturated rings. The molecular formula is C19H11BrN2O2S. The zero-order valence-corrected chi connectivity index (χ0v) is 15.3. The lowest BCUT2D eigenvalue weighted by molar-refractivity contribution is 0.174. The molecule has 0 atom stereocenters. The van der Waals surface area contributed by atoms with Crippen LogP contribution in [0.2, 0.25) is 0 Å². The number of hydrogen-bond acceptors (Lipinski definition) is 5.